The Balaban J connectivity index is 3.07. The molecule has 0 aliphatic rings. The van der Waals surface area contributed by atoms with E-state index in [2.05, 4.69) is 15.9 Å². The summed E-state index contributed by atoms with van der Waals surface area (Å²) < 4.78 is 0.794. The molecule has 1 aromatic carbocycles. The maximum atomic E-state index is 9.29. The average molecular weight is 265 g/mol. The summed E-state index contributed by atoms with van der Waals surface area (Å²) in [4.78, 5) is 0. The van der Waals surface area contributed by atoms with Crippen LogP contribution in [0.4, 0.5) is 0 Å². The third-order valence-corrected chi connectivity index (χ3v) is 3.17. The van der Waals surface area contributed by atoms with Gasteiger partial charge in [-0.2, -0.15) is 0 Å². The summed E-state index contributed by atoms with van der Waals surface area (Å²) >= 11 is 9.29. The topological polar surface area (TPSA) is 46.2 Å². The Hall–Kier alpha value is -0.0900. The van der Waals surface area contributed by atoms with E-state index in [0.29, 0.717) is 5.02 Å². The third kappa shape index (κ3) is 2.44. The summed E-state index contributed by atoms with van der Waals surface area (Å²) in [6.45, 7) is 1.64. The molecule has 0 unspecified atom stereocenters. The number of nitrogens with two attached hydrogens (primary N) is 1. The van der Waals surface area contributed by atoms with Gasteiger partial charge in [0.2, 0.25) is 0 Å². The Kier molecular flexibility index (Phi) is 3.74. The molecule has 4 heteroatoms. The molecule has 2 nitrogen and oxygen atoms in total. The van der Waals surface area contributed by atoms with E-state index >= 15 is 0 Å². The number of hydrogen-bond donors (Lipinski definition) is 2. The molecule has 0 saturated heterocycles. The first kappa shape index (κ1) is 11.0. The quantitative estimate of drug-likeness (QED) is 0.862. The van der Waals surface area contributed by atoms with E-state index in [-0.39, 0.29) is 0 Å². The minimum atomic E-state index is -0.605. The molecule has 1 rings (SSSR count). The molecule has 0 aromatic heterocycles. The lowest BCUT2D eigenvalue weighted by Crippen LogP contribution is -2.23. The molecular formula is C9H11BrClNO. The number of hydrogen-bond acceptors (Lipinski definition) is 2. The highest BCUT2D eigenvalue weighted by molar-refractivity contribution is 9.10. The molecule has 72 valence electrons. The van der Waals surface area contributed by atoms with E-state index in [1.165, 1.54) is 0 Å². The Labute approximate surface area is 90.8 Å². The van der Waals surface area contributed by atoms with Crippen molar-refractivity contribution in [2.75, 3.05) is 0 Å². The monoisotopic (exact) mass is 263 g/mol. The molecule has 0 spiro atoms. The van der Waals surface area contributed by atoms with Crippen molar-refractivity contribution in [1.29, 1.82) is 0 Å². The zero-order valence-electron chi connectivity index (χ0n) is 7.17. The SMILES string of the molecule is C[C@@H](O)[C@H](N)c1cccc(Br)c1Cl. The summed E-state index contributed by atoms with van der Waals surface area (Å²) in [5.74, 6) is 0. The summed E-state index contributed by atoms with van der Waals surface area (Å²) in [6, 6.07) is 5.04. The first-order valence-electron chi connectivity index (χ1n) is 3.91. The van der Waals surface area contributed by atoms with Gasteiger partial charge in [-0.1, -0.05) is 23.7 Å². The first-order valence-corrected chi connectivity index (χ1v) is 5.08. The normalized spacial score (nSPS) is 15.5. The minimum absolute atomic E-state index is 0.440. The van der Waals surface area contributed by atoms with Crippen molar-refractivity contribution in [3.8, 4) is 0 Å². The predicted octanol–water partition coefficient (Wildman–Crippen LogP) is 2.48. The molecule has 3 N–H and O–H groups in total. The van der Waals surface area contributed by atoms with Gasteiger partial charge in [0.1, 0.15) is 0 Å². The molecule has 0 aliphatic carbocycles. The molecule has 0 aliphatic heterocycles. The zero-order chi connectivity index (χ0) is 10.0. The molecule has 13 heavy (non-hydrogen) atoms. The lowest BCUT2D eigenvalue weighted by Gasteiger charge is -2.16. The van der Waals surface area contributed by atoms with Crippen LogP contribution >= 0.6 is 27.5 Å². The first-order chi connectivity index (χ1) is 6.04. The van der Waals surface area contributed by atoms with Crippen molar-refractivity contribution in [2.45, 2.75) is 19.1 Å². The molecule has 0 amide bonds. The van der Waals surface area contributed by atoms with Crippen molar-refractivity contribution in [3.05, 3.63) is 33.3 Å². The van der Waals surface area contributed by atoms with Crippen LogP contribution in [-0.2, 0) is 0 Å². The fourth-order valence-electron chi connectivity index (χ4n) is 1.04. The van der Waals surface area contributed by atoms with Gasteiger partial charge < -0.3 is 10.8 Å². The number of halogens is 2. The Bertz CT molecular complexity index is 304. The number of aliphatic hydroxyl groups is 1. The maximum absolute atomic E-state index is 9.29. The summed E-state index contributed by atoms with van der Waals surface area (Å²) in [5.41, 5.74) is 6.51. The number of aliphatic hydroxyl groups excluding tert-OH is 1. The smallest absolute Gasteiger partial charge is 0.0705 e. The molecule has 2 atom stereocenters. The summed E-state index contributed by atoms with van der Waals surface area (Å²) in [5, 5.41) is 9.86. The van der Waals surface area contributed by atoms with E-state index in [9.17, 15) is 5.11 Å². The second-order valence-corrected chi connectivity index (χ2v) is 4.14. The van der Waals surface area contributed by atoms with Crippen molar-refractivity contribution < 1.29 is 5.11 Å². The van der Waals surface area contributed by atoms with Crippen molar-refractivity contribution >= 4 is 27.5 Å². The molecule has 0 fully saturated rings. The molecule has 0 radical (unpaired) electrons. The molecule has 0 heterocycles. The standard InChI is InChI=1S/C9H11BrClNO/c1-5(13)9(12)6-3-2-4-7(10)8(6)11/h2-5,9,13H,12H2,1H3/t5-,9+/m1/s1. The highest BCUT2D eigenvalue weighted by Crippen LogP contribution is 2.30. The van der Waals surface area contributed by atoms with Crippen LogP contribution < -0.4 is 5.73 Å². The van der Waals surface area contributed by atoms with Crippen LogP contribution in [0.25, 0.3) is 0 Å². The second kappa shape index (κ2) is 4.42. The molecule has 1 aromatic rings. The largest absolute Gasteiger partial charge is 0.391 e. The van der Waals surface area contributed by atoms with Gasteiger partial charge in [0.25, 0.3) is 0 Å². The van der Waals surface area contributed by atoms with E-state index in [0.717, 1.165) is 10.0 Å². The van der Waals surface area contributed by atoms with E-state index in [4.69, 9.17) is 17.3 Å². The fraction of sp³-hybridized carbons (Fsp3) is 0.333. The molecule has 0 saturated carbocycles. The van der Waals surface area contributed by atoms with Gasteiger partial charge >= 0.3 is 0 Å². The highest BCUT2D eigenvalue weighted by atomic mass is 79.9. The maximum Gasteiger partial charge on any atom is 0.0705 e. The summed E-state index contributed by atoms with van der Waals surface area (Å²) in [7, 11) is 0. The third-order valence-electron chi connectivity index (χ3n) is 1.86. The van der Waals surface area contributed by atoms with E-state index in [1.54, 1.807) is 6.92 Å². The van der Waals surface area contributed by atoms with Crippen LogP contribution in [0, 0.1) is 0 Å². The lowest BCUT2D eigenvalue weighted by molar-refractivity contribution is 0.164. The van der Waals surface area contributed by atoms with Crippen molar-refractivity contribution in [3.63, 3.8) is 0 Å². The highest BCUT2D eigenvalue weighted by Gasteiger charge is 2.16. The zero-order valence-corrected chi connectivity index (χ0v) is 9.51. The second-order valence-electron chi connectivity index (χ2n) is 2.91. The van der Waals surface area contributed by atoms with Crippen LogP contribution in [-0.4, -0.2) is 11.2 Å². The fourth-order valence-corrected chi connectivity index (χ4v) is 1.67. The van der Waals surface area contributed by atoms with Crippen LogP contribution in [0.15, 0.2) is 22.7 Å². The Morgan fingerprint density at radius 2 is 2.15 bits per heavy atom. The van der Waals surface area contributed by atoms with E-state index < -0.39 is 12.1 Å². The van der Waals surface area contributed by atoms with Gasteiger partial charge in [-0.15, -0.1) is 0 Å². The summed E-state index contributed by atoms with van der Waals surface area (Å²) in [6.07, 6.45) is -0.605. The van der Waals surface area contributed by atoms with Gasteiger partial charge in [0.05, 0.1) is 17.2 Å². The van der Waals surface area contributed by atoms with Gasteiger partial charge in [0.15, 0.2) is 0 Å². The van der Waals surface area contributed by atoms with Crippen molar-refractivity contribution in [2.24, 2.45) is 5.73 Å². The van der Waals surface area contributed by atoms with Crippen LogP contribution in [0.5, 0.6) is 0 Å². The molecular weight excluding hydrogens is 253 g/mol. The van der Waals surface area contributed by atoms with Crippen molar-refractivity contribution in [1.82, 2.24) is 0 Å². The molecule has 0 bridgehead atoms. The van der Waals surface area contributed by atoms with E-state index in [1.807, 2.05) is 18.2 Å². The number of rotatable bonds is 2. The van der Waals surface area contributed by atoms with Crippen LogP contribution in [0.1, 0.15) is 18.5 Å². The Morgan fingerprint density at radius 1 is 1.54 bits per heavy atom. The van der Waals surface area contributed by atoms with Gasteiger partial charge in [0, 0.05) is 4.47 Å². The predicted molar refractivity (Wildman–Crippen MR) is 57.8 cm³/mol. The van der Waals surface area contributed by atoms with Crippen LogP contribution in [0.2, 0.25) is 5.02 Å². The minimum Gasteiger partial charge on any atom is -0.391 e. The van der Waals surface area contributed by atoms with Crippen LogP contribution in [0.3, 0.4) is 0 Å². The average Bonchev–Trinajstić information content (AvgIpc) is 2.08. The van der Waals surface area contributed by atoms with Gasteiger partial charge in [-0.25, -0.2) is 0 Å². The lowest BCUT2D eigenvalue weighted by atomic mass is 10.0. The van der Waals surface area contributed by atoms with Gasteiger partial charge in [-0.3, -0.25) is 0 Å². The number of benzene rings is 1. The Morgan fingerprint density at radius 3 is 2.69 bits per heavy atom. The van der Waals surface area contributed by atoms with Gasteiger partial charge in [-0.05, 0) is 34.5 Å².